The van der Waals surface area contributed by atoms with Gasteiger partial charge in [-0.2, -0.15) is 0 Å². The summed E-state index contributed by atoms with van der Waals surface area (Å²) >= 11 is 0. The van der Waals surface area contributed by atoms with Gasteiger partial charge in [0.1, 0.15) is 18.2 Å². The van der Waals surface area contributed by atoms with Crippen molar-refractivity contribution in [3.63, 3.8) is 0 Å². The highest BCUT2D eigenvalue weighted by Crippen LogP contribution is 2.52. The van der Waals surface area contributed by atoms with Gasteiger partial charge in [0.15, 0.2) is 6.20 Å². The van der Waals surface area contributed by atoms with E-state index in [9.17, 15) is 0 Å². The Kier molecular flexibility index (Phi) is 2.54. The normalized spacial score (nSPS) is 21.0. The molecule has 3 aromatic heterocycles. The van der Waals surface area contributed by atoms with Crippen molar-refractivity contribution < 1.29 is 17.2 Å². The van der Waals surface area contributed by atoms with Gasteiger partial charge < -0.3 is 4.42 Å². The molecule has 1 aliphatic carbocycles. The summed E-state index contributed by atoms with van der Waals surface area (Å²) in [6.45, 7) is -0.856. The summed E-state index contributed by atoms with van der Waals surface area (Å²) in [5, 5.41) is 1.70. The molecule has 2 aromatic carbocycles. The molecule has 152 valence electrons. The van der Waals surface area contributed by atoms with Gasteiger partial charge >= 0.3 is 0 Å². The van der Waals surface area contributed by atoms with Gasteiger partial charge in [-0.05, 0) is 56.9 Å². The lowest BCUT2D eigenvalue weighted by Crippen LogP contribution is -2.31. The van der Waals surface area contributed by atoms with Crippen LogP contribution in [0.1, 0.15) is 44.4 Å². The first kappa shape index (κ1) is 13.1. The van der Waals surface area contributed by atoms with Crippen molar-refractivity contribution in [1.29, 1.82) is 0 Å². The van der Waals surface area contributed by atoms with Gasteiger partial charge in [0, 0.05) is 53.4 Å². The molecule has 0 amide bonds. The molecule has 0 bridgehead atoms. The van der Waals surface area contributed by atoms with Crippen LogP contribution in [0.25, 0.3) is 44.3 Å². The van der Waals surface area contributed by atoms with E-state index in [4.69, 9.17) is 12.6 Å². The summed E-state index contributed by atoms with van der Waals surface area (Å²) in [5.74, 6) is 0. The van der Waals surface area contributed by atoms with Gasteiger partial charge in [-0.15, -0.1) is 0 Å². The lowest BCUT2D eigenvalue weighted by Gasteiger charge is -2.20. The fraction of sp³-hybridized carbons (Fsp3) is 0.214. The Hall–Kier alpha value is -3.46. The smallest absolute Gasteiger partial charge is 0.216 e. The molecule has 3 nitrogen and oxygen atoms in total. The van der Waals surface area contributed by atoms with Crippen molar-refractivity contribution in [2.75, 3.05) is 0 Å². The van der Waals surface area contributed by atoms with Crippen LogP contribution in [-0.4, -0.2) is 4.98 Å². The van der Waals surface area contributed by atoms with Crippen LogP contribution in [0.3, 0.4) is 0 Å². The lowest BCUT2D eigenvalue weighted by atomic mass is 9.84. The van der Waals surface area contributed by atoms with Gasteiger partial charge in [0.05, 0.1) is 11.3 Å². The number of pyridine rings is 2. The molecule has 31 heavy (non-hydrogen) atoms. The van der Waals surface area contributed by atoms with Crippen LogP contribution in [0.4, 0.5) is 0 Å². The van der Waals surface area contributed by atoms with E-state index in [1.165, 1.54) is 0 Å². The van der Waals surface area contributed by atoms with Crippen LogP contribution in [0, 0.1) is 13.8 Å². The van der Waals surface area contributed by atoms with E-state index >= 15 is 0 Å². The first-order valence-electron chi connectivity index (χ1n) is 13.3. The number of aromatic nitrogens is 2. The molecule has 3 heterocycles. The van der Waals surface area contributed by atoms with Crippen LogP contribution in [0.15, 0.2) is 65.3 Å². The summed E-state index contributed by atoms with van der Waals surface area (Å²) < 4.78 is 57.2. The predicted molar refractivity (Wildman–Crippen MR) is 125 cm³/mol. The Morgan fingerprint density at radius 2 is 1.84 bits per heavy atom. The average Bonchev–Trinajstić information content (AvgIpc) is 3.33. The quantitative estimate of drug-likeness (QED) is 0.299. The zero-order valence-corrected chi connectivity index (χ0v) is 17.6. The third-order valence-electron chi connectivity index (χ3n) is 6.48. The summed E-state index contributed by atoms with van der Waals surface area (Å²) in [4.78, 5) is 4.52. The first-order valence-corrected chi connectivity index (χ1v) is 10.3. The Morgan fingerprint density at radius 3 is 2.65 bits per heavy atom. The molecule has 0 spiro atoms. The maximum absolute atomic E-state index is 8.51. The van der Waals surface area contributed by atoms with E-state index in [-0.39, 0.29) is 5.56 Å². The summed E-state index contributed by atoms with van der Waals surface area (Å²) in [6.07, 6.45) is 3.25. The van der Waals surface area contributed by atoms with Crippen molar-refractivity contribution in [3.8, 4) is 22.4 Å². The zero-order chi connectivity index (χ0) is 26.5. The van der Waals surface area contributed by atoms with E-state index in [1.807, 2.05) is 50.4 Å². The van der Waals surface area contributed by atoms with E-state index in [1.54, 1.807) is 36.0 Å². The van der Waals surface area contributed by atoms with Gasteiger partial charge in [0.25, 0.3) is 0 Å². The largest absolute Gasteiger partial charge is 0.455 e. The van der Waals surface area contributed by atoms with E-state index in [0.29, 0.717) is 22.4 Å². The molecule has 5 aromatic rings. The van der Waals surface area contributed by atoms with Crippen LogP contribution in [0.2, 0.25) is 0 Å². The standard InChI is InChI=1S/C28H25N2O/c1-16-8-13-22(30(5)15-16)23-17(2)9-10-19-20-12-11-18-21-7-6-14-29-27(21)28(3,4)24(18)26(20)31-25(19)23/h6-15H,1-5H3/q+1/i1D3,3D3. The van der Waals surface area contributed by atoms with Gasteiger partial charge in [-0.25, -0.2) is 4.57 Å². The Bertz CT molecular complexity index is 1750. The molecular weight excluding hydrogens is 380 g/mol. The second-order valence-electron chi connectivity index (χ2n) is 8.54. The van der Waals surface area contributed by atoms with Crippen LogP contribution in [0.5, 0.6) is 0 Å². The van der Waals surface area contributed by atoms with E-state index in [2.05, 4.69) is 4.98 Å². The number of hydrogen-bond donors (Lipinski definition) is 0. The topological polar surface area (TPSA) is 29.9 Å². The van der Waals surface area contributed by atoms with E-state index < -0.39 is 19.1 Å². The highest BCUT2D eigenvalue weighted by atomic mass is 16.3. The number of rotatable bonds is 1. The maximum atomic E-state index is 8.51. The number of aryl methyl sites for hydroxylation is 3. The minimum Gasteiger partial charge on any atom is -0.455 e. The Labute approximate surface area is 190 Å². The average molecular weight is 412 g/mol. The van der Waals surface area contributed by atoms with Crippen LogP contribution >= 0.6 is 0 Å². The second-order valence-corrected chi connectivity index (χ2v) is 8.54. The molecule has 0 saturated heterocycles. The third-order valence-corrected chi connectivity index (χ3v) is 6.48. The number of benzene rings is 2. The number of nitrogens with zero attached hydrogens (tertiary/aromatic N) is 2. The van der Waals surface area contributed by atoms with E-state index in [0.717, 1.165) is 38.7 Å². The number of hydrogen-bond acceptors (Lipinski definition) is 2. The van der Waals surface area contributed by atoms with Crippen molar-refractivity contribution in [2.24, 2.45) is 7.05 Å². The summed E-state index contributed by atoms with van der Waals surface area (Å²) in [5.41, 5.74) is 5.47. The highest BCUT2D eigenvalue weighted by molar-refractivity contribution is 6.12. The molecule has 0 radical (unpaired) electrons. The summed E-state index contributed by atoms with van der Waals surface area (Å²) in [6, 6.07) is 15.1. The molecule has 1 atom stereocenters. The predicted octanol–water partition coefficient (Wildman–Crippen LogP) is 6.40. The summed E-state index contributed by atoms with van der Waals surface area (Å²) in [7, 11) is 1.82. The van der Waals surface area contributed by atoms with Gasteiger partial charge in [0.2, 0.25) is 5.69 Å². The van der Waals surface area contributed by atoms with Crippen molar-refractivity contribution >= 4 is 21.9 Å². The van der Waals surface area contributed by atoms with Gasteiger partial charge in [-0.1, -0.05) is 24.3 Å². The zero-order valence-electron chi connectivity index (χ0n) is 23.6. The minimum absolute atomic E-state index is 0.254. The maximum Gasteiger partial charge on any atom is 0.216 e. The number of furan rings is 1. The van der Waals surface area contributed by atoms with Crippen molar-refractivity contribution in [3.05, 3.63) is 83.3 Å². The molecule has 6 rings (SSSR count). The van der Waals surface area contributed by atoms with Crippen molar-refractivity contribution in [2.45, 2.75) is 33.0 Å². The fourth-order valence-corrected chi connectivity index (χ4v) is 5.05. The molecule has 0 aliphatic heterocycles. The molecule has 0 fully saturated rings. The molecule has 0 N–H and O–H groups in total. The van der Waals surface area contributed by atoms with Gasteiger partial charge in [-0.3, -0.25) is 4.98 Å². The highest BCUT2D eigenvalue weighted by Gasteiger charge is 2.40. The Morgan fingerprint density at radius 1 is 1.00 bits per heavy atom. The fourth-order valence-electron chi connectivity index (χ4n) is 5.05. The monoisotopic (exact) mass is 411 g/mol. The Balaban J connectivity index is 1.69. The third kappa shape index (κ3) is 2.35. The molecular formula is C28H25N2O+. The lowest BCUT2D eigenvalue weighted by molar-refractivity contribution is -0.660. The molecule has 0 saturated carbocycles. The van der Waals surface area contributed by atoms with Crippen LogP contribution in [-0.2, 0) is 12.5 Å². The molecule has 3 heteroatoms. The SMILES string of the molecule is [2H]C([2H])([2H])c1ccc(-c2c(C)ccc3c2oc2c4c(ccc23)-c2cccnc2C4(C)C([2H])([2H])[2H])[n+](C)c1. The first-order chi connectivity index (χ1) is 17.3. The van der Waals surface area contributed by atoms with Crippen LogP contribution < -0.4 is 4.57 Å². The number of fused-ring (bicyclic) bond motifs is 7. The molecule has 1 unspecified atom stereocenters. The van der Waals surface area contributed by atoms with Crippen molar-refractivity contribution in [1.82, 2.24) is 4.98 Å². The minimum atomic E-state index is -2.36. The second kappa shape index (κ2) is 6.04. The molecule has 1 aliphatic rings.